The Kier molecular flexibility index (Phi) is 3.82. The van der Waals surface area contributed by atoms with Crippen molar-refractivity contribution < 1.29 is 4.42 Å². The van der Waals surface area contributed by atoms with E-state index in [4.69, 9.17) is 16.0 Å². The molecule has 0 radical (unpaired) electrons. The summed E-state index contributed by atoms with van der Waals surface area (Å²) in [4.78, 5) is 4.44. The molecule has 2 aromatic rings. The smallest absolute Gasteiger partial charge is 0.198 e. The lowest BCUT2D eigenvalue weighted by Crippen LogP contribution is -2.12. The van der Waals surface area contributed by atoms with Crippen molar-refractivity contribution >= 4 is 11.6 Å². The predicted molar refractivity (Wildman–Crippen MR) is 68.2 cm³/mol. The predicted octanol–water partition coefficient (Wildman–Crippen LogP) is 3.20. The first kappa shape index (κ1) is 12.1. The summed E-state index contributed by atoms with van der Waals surface area (Å²) >= 11 is 5.83. The highest BCUT2D eigenvalue weighted by Crippen LogP contribution is 2.16. The van der Waals surface area contributed by atoms with E-state index in [0.29, 0.717) is 6.42 Å². The lowest BCUT2D eigenvalue weighted by molar-refractivity contribution is 0.505. The number of halogens is 1. The third kappa shape index (κ3) is 3.08. The van der Waals surface area contributed by atoms with Crippen LogP contribution in [0.3, 0.4) is 0 Å². The molecule has 2 rings (SSSR count). The Labute approximate surface area is 106 Å². The zero-order chi connectivity index (χ0) is 12.3. The fraction of sp³-hybridized carbons (Fsp3) is 0.308. The molecule has 0 aliphatic rings. The second-order valence-corrected chi connectivity index (χ2v) is 4.42. The fourth-order valence-corrected chi connectivity index (χ4v) is 1.66. The summed E-state index contributed by atoms with van der Waals surface area (Å²) in [6, 6.07) is 7.91. The SMILES string of the molecule is CNC(C)c1coc(Cc2ccc(Cl)cc2)n1. The van der Waals surface area contributed by atoms with Gasteiger partial charge in [-0.15, -0.1) is 0 Å². The largest absolute Gasteiger partial charge is 0.448 e. The number of aromatic nitrogens is 1. The van der Waals surface area contributed by atoms with Crippen molar-refractivity contribution in [2.45, 2.75) is 19.4 Å². The van der Waals surface area contributed by atoms with Crippen molar-refractivity contribution in [2.75, 3.05) is 7.05 Å². The summed E-state index contributed by atoms with van der Waals surface area (Å²) in [6.07, 6.45) is 2.39. The Balaban J connectivity index is 2.08. The summed E-state index contributed by atoms with van der Waals surface area (Å²) < 4.78 is 5.44. The van der Waals surface area contributed by atoms with Crippen LogP contribution in [0.15, 0.2) is 34.9 Å². The molecule has 0 saturated carbocycles. The van der Waals surface area contributed by atoms with E-state index in [9.17, 15) is 0 Å². The summed E-state index contributed by atoms with van der Waals surface area (Å²) in [5, 5.41) is 3.87. The van der Waals surface area contributed by atoms with Crippen molar-refractivity contribution in [3.05, 3.63) is 52.7 Å². The number of hydrogen-bond donors (Lipinski definition) is 1. The molecule has 17 heavy (non-hydrogen) atoms. The molecule has 0 aliphatic carbocycles. The van der Waals surface area contributed by atoms with Gasteiger partial charge in [0.1, 0.15) is 6.26 Å². The zero-order valence-electron chi connectivity index (χ0n) is 9.90. The summed E-state index contributed by atoms with van der Waals surface area (Å²) in [5.74, 6) is 0.726. The van der Waals surface area contributed by atoms with Gasteiger partial charge in [0.15, 0.2) is 5.89 Å². The summed E-state index contributed by atoms with van der Waals surface area (Å²) in [7, 11) is 1.90. The molecule has 1 heterocycles. The molecule has 1 aromatic heterocycles. The average molecular weight is 251 g/mol. The van der Waals surface area contributed by atoms with Gasteiger partial charge in [-0.05, 0) is 31.7 Å². The lowest BCUT2D eigenvalue weighted by Gasteiger charge is -2.03. The average Bonchev–Trinajstić information content (AvgIpc) is 2.80. The van der Waals surface area contributed by atoms with Gasteiger partial charge in [0, 0.05) is 17.5 Å². The minimum absolute atomic E-state index is 0.206. The van der Waals surface area contributed by atoms with Crippen LogP contribution in [0, 0.1) is 0 Å². The molecular weight excluding hydrogens is 236 g/mol. The number of hydrogen-bond acceptors (Lipinski definition) is 3. The third-order valence-corrected chi connectivity index (χ3v) is 2.97. The fourth-order valence-electron chi connectivity index (χ4n) is 1.53. The van der Waals surface area contributed by atoms with E-state index in [1.54, 1.807) is 6.26 Å². The minimum atomic E-state index is 0.206. The third-order valence-electron chi connectivity index (χ3n) is 2.71. The molecule has 1 unspecified atom stereocenters. The topological polar surface area (TPSA) is 38.1 Å². The van der Waals surface area contributed by atoms with Crippen LogP contribution in [0.2, 0.25) is 5.02 Å². The first-order chi connectivity index (χ1) is 8.19. The Morgan fingerprint density at radius 3 is 2.71 bits per heavy atom. The quantitative estimate of drug-likeness (QED) is 0.906. The number of nitrogens with zero attached hydrogens (tertiary/aromatic N) is 1. The standard InChI is InChI=1S/C13H15ClN2O/c1-9(15-2)12-8-17-13(16-12)7-10-3-5-11(14)6-4-10/h3-6,8-9,15H,7H2,1-2H3. The highest BCUT2D eigenvalue weighted by molar-refractivity contribution is 6.30. The van der Waals surface area contributed by atoms with E-state index >= 15 is 0 Å². The van der Waals surface area contributed by atoms with Crippen LogP contribution in [0.25, 0.3) is 0 Å². The van der Waals surface area contributed by atoms with Gasteiger partial charge in [-0.2, -0.15) is 0 Å². The van der Waals surface area contributed by atoms with Gasteiger partial charge in [0.2, 0.25) is 0 Å². The minimum Gasteiger partial charge on any atom is -0.448 e. The van der Waals surface area contributed by atoms with Gasteiger partial charge in [-0.3, -0.25) is 0 Å². The molecule has 90 valence electrons. The van der Waals surface area contributed by atoms with Gasteiger partial charge in [0.05, 0.1) is 5.69 Å². The van der Waals surface area contributed by atoms with Crippen molar-refractivity contribution in [2.24, 2.45) is 0 Å². The van der Waals surface area contributed by atoms with Crippen LogP contribution in [-0.4, -0.2) is 12.0 Å². The molecule has 0 bridgehead atoms. The maximum absolute atomic E-state index is 5.83. The number of oxazole rings is 1. The van der Waals surface area contributed by atoms with Crippen LogP contribution < -0.4 is 5.32 Å². The molecule has 0 fully saturated rings. The normalized spacial score (nSPS) is 12.6. The van der Waals surface area contributed by atoms with Gasteiger partial charge in [-0.1, -0.05) is 23.7 Å². The number of nitrogens with one attached hydrogen (secondary N) is 1. The van der Waals surface area contributed by atoms with E-state index in [1.807, 2.05) is 38.2 Å². The van der Waals surface area contributed by atoms with Crippen LogP contribution in [0.5, 0.6) is 0 Å². The first-order valence-corrected chi connectivity index (χ1v) is 5.93. The van der Waals surface area contributed by atoms with Crippen molar-refractivity contribution in [1.29, 1.82) is 0 Å². The lowest BCUT2D eigenvalue weighted by atomic mass is 10.1. The molecule has 1 aromatic carbocycles. The van der Waals surface area contributed by atoms with E-state index in [1.165, 1.54) is 0 Å². The van der Waals surface area contributed by atoms with Crippen molar-refractivity contribution in [3.63, 3.8) is 0 Å². The highest BCUT2D eigenvalue weighted by Gasteiger charge is 2.09. The van der Waals surface area contributed by atoms with Crippen LogP contribution in [-0.2, 0) is 6.42 Å². The van der Waals surface area contributed by atoms with Crippen LogP contribution in [0.1, 0.15) is 30.1 Å². The summed E-state index contributed by atoms with van der Waals surface area (Å²) in [5.41, 5.74) is 2.07. The van der Waals surface area contributed by atoms with Crippen LogP contribution >= 0.6 is 11.6 Å². The maximum atomic E-state index is 5.83. The van der Waals surface area contributed by atoms with E-state index in [-0.39, 0.29) is 6.04 Å². The molecule has 0 aliphatic heterocycles. The number of benzene rings is 1. The van der Waals surface area contributed by atoms with E-state index in [0.717, 1.165) is 22.2 Å². The van der Waals surface area contributed by atoms with Gasteiger partial charge < -0.3 is 9.73 Å². The Morgan fingerprint density at radius 2 is 2.06 bits per heavy atom. The summed E-state index contributed by atoms with van der Waals surface area (Å²) in [6.45, 7) is 2.05. The Morgan fingerprint density at radius 1 is 1.35 bits per heavy atom. The Bertz CT molecular complexity index is 478. The molecular formula is C13H15ClN2O. The molecule has 0 spiro atoms. The molecule has 0 amide bonds. The Hall–Kier alpha value is -1.32. The van der Waals surface area contributed by atoms with Crippen LogP contribution in [0.4, 0.5) is 0 Å². The van der Waals surface area contributed by atoms with E-state index in [2.05, 4.69) is 10.3 Å². The zero-order valence-corrected chi connectivity index (χ0v) is 10.7. The van der Waals surface area contributed by atoms with Gasteiger partial charge in [-0.25, -0.2) is 4.98 Å². The second-order valence-electron chi connectivity index (χ2n) is 3.98. The van der Waals surface area contributed by atoms with Gasteiger partial charge >= 0.3 is 0 Å². The van der Waals surface area contributed by atoms with Crippen molar-refractivity contribution in [1.82, 2.24) is 10.3 Å². The number of rotatable bonds is 4. The molecule has 0 saturated heterocycles. The van der Waals surface area contributed by atoms with E-state index < -0.39 is 0 Å². The maximum Gasteiger partial charge on any atom is 0.198 e. The molecule has 4 heteroatoms. The molecule has 1 N–H and O–H groups in total. The van der Waals surface area contributed by atoms with Crippen molar-refractivity contribution in [3.8, 4) is 0 Å². The highest BCUT2D eigenvalue weighted by atomic mass is 35.5. The monoisotopic (exact) mass is 250 g/mol. The second kappa shape index (κ2) is 5.34. The van der Waals surface area contributed by atoms with Gasteiger partial charge in [0.25, 0.3) is 0 Å². The molecule has 3 nitrogen and oxygen atoms in total. The first-order valence-electron chi connectivity index (χ1n) is 5.55. The molecule has 1 atom stereocenters.